The third-order valence-corrected chi connectivity index (χ3v) is 4.10. The maximum Gasteiger partial charge on any atom is 0.0753 e. The lowest BCUT2D eigenvalue weighted by molar-refractivity contribution is 0.0642. The van der Waals surface area contributed by atoms with Gasteiger partial charge in [-0.05, 0) is 45.1 Å². The van der Waals surface area contributed by atoms with E-state index < -0.39 is 0 Å². The van der Waals surface area contributed by atoms with Crippen LogP contribution in [0.1, 0.15) is 57.2 Å². The summed E-state index contributed by atoms with van der Waals surface area (Å²) in [5.41, 5.74) is 0.986. The molecular weight excluding hydrogens is 238 g/mol. The molecule has 1 aromatic rings. The maximum absolute atomic E-state index is 9.92. The van der Waals surface area contributed by atoms with Crippen LogP contribution in [0.15, 0.2) is 18.6 Å². The number of aromatic nitrogens is 2. The summed E-state index contributed by atoms with van der Waals surface area (Å²) in [7, 11) is 0. The molecule has 2 N–H and O–H groups in total. The zero-order valence-corrected chi connectivity index (χ0v) is 11.8. The molecule has 1 aromatic heterocycles. The zero-order chi connectivity index (χ0) is 13.5. The van der Waals surface area contributed by atoms with Gasteiger partial charge < -0.3 is 10.4 Å². The number of nitrogens with one attached hydrogen (secondary N) is 1. The van der Waals surface area contributed by atoms with Crippen molar-refractivity contribution in [3.63, 3.8) is 0 Å². The predicted octanol–water partition coefficient (Wildman–Crippen LogP) is 2.46. The van der Waals surface area contributed by atoms with Gasteiger partial charge in [0.2, 0.25) is 0 Å². The first-order valence-electron chi connectivity index (χ1n) is 7.44. The second-order valence-corrected chi connectivity index (χ2v) is 5.56. The maximum atomic E-state index is 9.92. The molecule has 0 aliphatic heterocycles. The first-order chi connectivity index (χ1) is 9.27. The summed E-state index contributed by atoms with van der Waals surface area (Å²) < 4.78 is 0. The van der Waals surface area contributed by atoms with Crippen LogP contribution in [-0.4, -0.2) is 27.7 Å². The molecule has 1 fully saturated rings. The Balaban J connectivity index is 1.64. The van der Waals surface area contributed by atoms with Gasteiger partial charge in [0.1, 0.15) is 0 Å². The van der Waals surface area contributed by atoms with Gasteiger partial charge >= 0.3 is 0 Å². The van der Waals surface area contributed by atoms with Gasteiger partial charge in [-0.2, -0.15) is 0 Å². The smallest absolute Gasteiger partial charge is 0.0753 e. The number of hydrogen-bond donors (Lipinski definition) is 2. The van der Waals surface area contributed by atoms with Crippen molar-refractivity contribution in [3.05, 3.63) is 24.3 Å². The average Bonchev–Trinajstić information content (AvgIpc) is 2.46. The van der Waals surface area contributed by atoms with E-state index in [9.17, 15) is 5.11 Å². The van der Waals surface area contributed by atoms with Crippen LogP contribution >= 0.6 is 0 Å². The number of hydrogen-bond acceptors (Lipinski definition) is 4. The minimum Gasteiger partial charge on any atom is -0.393 e. The number of rotatable bonds is 6. The first-order valence-corrected chi connectivity index (χ1v) is 7.44. The molecule has 1 aliphatic rings. The molecular formula is C15H25N3O. The number of aliphatic hydroxyl groups is 1. The van der Waals surface area contributed by atoms with Crippen molar-refractivity contribution in [2.75, 3.05) is 6.54 Å². The van der Waals surface area contributed by atoms with Crippen LogP contribution in [-0.2, 0) is 0 Å². The van der Waals surface area contributed by atoms with E-state index in [0.717, 1.165) is 31.5 Å². The van der Waals surface area contributed by atoms with E-state index in [4.69, 9.17) is 0 Å². The molecule has 19 heavy (non-hydrogen) atoms. The highest BCUT2D eigenvalue weighted by Crippen LogP contribution is 2.27. The molecule has 2 rings (SSSR count). The molecule has 0 spiro atoms. The molecule has 3 unspecified atom stereocenters. The number of nitrogens with zero attached hydrogens (tertiary/aromatic N) is 2. The van der Waals surface area contributed by atoms with Gasteiger partial charge in [0.15, 0.2) is 0 Å². The molecule has 3 atom stereocenters. The second kappa shape index (κ2) is 7.56. The fourth-order valence-corrected chi connectivity index (χ4v) is 2.85. The topological polar surface area (TPSA) is 58.0 Å². The van der Waals surface area contributed by atoms with Crippen LogP contribution < -0.4 is 5.32 Å². The van der Waals surface area contributed by atoms with Gasteiger partial charge in [0.05, 0.1) is 11.8 Å². The van der Waals surface area contributed by atoms with Gasteiger partial charge in [-0.15, -0.1) is 0 Å². The van der Waals surface area contributed by atoms with Gasteiger partial charge in [-0.25, -0.2) is 0 Å². The lowest BCUT2D eigenvalue weighted by atomic mass is 9.83. The lowest BCUT2D eigenvalue weighted by Gasteiger charge is -2.27. The molecule has 106 valence electrons. The van der Waals surface area contributed by atoms with Crippen molar-refractivity contribution < 1.29 is 5.11 Å². The molecule has 0 amide bonds. The second-order valence-electron chi connectivity index (χ2n) is 5.56. The molecule has 0 saturated heterocycles. The third-order valence-electron chi connectivity index (χ3n) is 4.10. The molecule has 1 aliphatic carbocycles. The summed E-state index contributed by atoms with van der Waals surface area (Å²) >= 11 is 0. The van der Waals surface area contributed by atoms with E-state index in [1.165, 1.54) is 19.3 Å². The number of aliphatic hydroxyl groups excluding tert-OH is 1. The molecule has 1 heterocycles. The molecule has 0 bridgehead atoms. The Labute approximate surface area is 115 Å². The normalized spacial score (nSPS) is 25.2. The van der Waals surface area contributed by atoms with Gasteiger partial charge in [-0.3, -0.25) is 9.97 Å². The van der Waals surface area contributed by atoms with E-state index >= 15 is 0 Å². The molecule has 4 nitrogen and oxygen atoms in total. The lowest BCUT2D eigenvalue weighted by Crippen LogP contribution is -2.26. The van der Waals surface area contributed by atoms with Crippen molar-refractivity contribution in [1.29, 1.82) is 0 Å². The summed E-state index contributed by atoms with van der Waals surface area (Å²) in [4.78, 5) is 8.38. The Morgan fingerprint density at radius 1 is 1.37 bits per heavy atom. The van der Waals surface area contributed by atoms with Crippen molar-refractivity contribution in [3.8, 4) is 0 Å². The van der Waals surface area contributed by atoms with E-state index in [0.29, 0.717) is 5.92 Å². The van der Waals surface area contributed by atoms with Crippen molar-refractivity contribution in [2.45, 2.75) is 57.6 Å². The predicted molar refractivity (Wildman–Crippen MR) is 75.6 cm³/mol. The van der Waals surface area contributed by atoms with Crippen LogP contribution in [0, 0.1) is 5.92 Å². The molecule has 0 aromatic carbocycles. The zero-order valence-electron chi connectivity index (χ0n) is 11.8. The van der Waals surface area contributed by atoms with E-state index in [2.05, 4.69) is 22.2 Å². The summed E-state index contributed by atoms with van der Waals surface area (Å²) in [6, 6.07) is 0.241. The van der Waals surface area contributed by atoms with Gasteiger partial charge in [0, 0.05) is 24.6 Å². The van der Waals surface area contributed by atoms with E-state index in [1.807, 2.05) is 6.20 Å². The van der Waals surface area contributed by atoms with Crippen LogP contribution in [0.4, 0.5) is 0 Å². The van der Waals surface area contributed by atoms with Crippen LogP contribution in [0.5, 0.6) is 0 Å². The Morgan fingerprint density at radius 3 is 2.95 bits per heavy atom. The molecule has 0 radical (unpaired) electrons. The highest BCUT2D eigenvalue weighted by atomic mass is 16.3. The van der Waals surface area contributed by atoms with Crippen LogP contribution in [0.3, 0.4) is 0 Å². The SMILES string of the molecule is CC(NCCCC1CCCCC1O)c1cnccn1. The average molecular weight is 263 g/mol. The summed E-state index contributed by atoms with van der Waals surface area (Å²) in [5, 5.41) is 13.4. The highest BCUT2D eigenvalue weighted by molar-refractivity contribution is 5.00. The summed E-state index contributed by atoms with van der Waals surface area (Å²) in [5.74, 6) is 0.516. The Bertz CT molecular complexity index is 358. The summed E-state index contributed by atoms with van der Waals surface area (Å²) in [6.45, 7) is 3.08. The summed E-state index contributed by atoms with van der Waals surface area (Å²) in [6.07, 6.45) is 12.1. The quantitative estimate of drug-likeness (QED) is 0.774. The van der Waals surface area contributed by atoms with Gasteiger partial charge in [0.25, 0.3) is 0 Å². The fraction of sp³-hybridized carbons (Fsp3) is 0.733. The fourth-order valence-electron chi connectivity index (χ4n) is 2.85. The minimum atomic E-state index is -0.0637. The Kier molecular flexibility index (Phi) is 5.73. The standard InChI is InChI=1S/C15H25N3O/c1-12(14-11-16-9-10-18-14)17-8-4-6-13-5-2-3-7-15(13)19/h9-13,15,17,19H,2-8H2,1H3. The molecule has 1 saturated carbocycles. The Morgan fingerprint density at radius 2 is 2.21 bits per heavy atom. The molecule has 4 heteroatoms. The minimum absolute atomic E-state index is 0.0637. The van der Waals surface area contributed by atoms with E-state index in [-0.39, 0.29) is 12.1 Å². The third kappa shape index (κ3) is 4.55. The Hall–Kier alpha value is -1.00. The largest absolute Gasteiger partial charge is 0.393 e. The monoisotopic (exact) mass is 263 g/mol. The van der Waals surface area contributed by atoms with Crippen molar-refractivity contribution >= 4 is 0 Å². The van der Waals surface area contributed by atoms with Crippen LogP contribution in [0.2, 0.25) is 0 Å². The van der Waals surface area contributed by atoms with Crippen molar-refractivity contribution in [2.24, 2.45) is 5.92 Å². The highest BCUT2D eigenvalue weighted by Gasteiger charge is 2.22. The van der Waals surface area contributed by atoms with E-state index in [1.54, 1.807) is 12.4 Å². The van der Waals surface area contributed by atoms with Gasteiger partial charge in [-0.1, -0.05) is 12.8 Å². The van der Waals surface area contributed by atoms with Crippen molar-refractivity contribution in [1.82, 2.24) is 15.3 Å². The first kappa shape index (κ1) is 14.4. The van der Waals surface area contributed by atoms with Crippen LogP contribution in [0.25, 0.3) is 0 Å².